The number of hydrogen-bond acceptors (Lipinski definition) is 8. The van der Waals surface area contributed by atoms with Crippen LogP contribution in [0.15, 0.2) is 60.6 Å². The molecule has 1 atom stereocenters. The van der Waals surface area contributed by atoms with Gasteiger partial charge in [-0.3, -0.25) is 4.79 Å². The van der Waals surface area contributed by atoms with Gasteiger partial charge in [0.1, 0.15) is 18.0 Å². The van der Waals surface area contributed by atoms with Crippen LogP contribution in [0.5, 0.6) is 0 Å². The fourth-order valence-corrected chi connectivity index (χ4v) is 5.55. The van der Waals surface area contributed by atoms with Crippen LogP contribution in [0.4, 0.5) is 10.2 Å². The van der Waals surface area contributed by atoms with Crippen LogP contribution in [-0.4, -0.2) is 61.0 Å². The predicted molar refractivity (Wildman–Crippen MR) is 169 cm³/mol. The average Bonchev–Trinajstić information content (AvgIpc) is 2.96. The van der Waals surface area contributed by atoms with E-state index < -0.39 is 11.5 Å². The van der Waals surface area contributed by atoms with E-state index in [9.17, 15) is 14.0 Å². The van der Waals surface area contributed by atoms with Crippen LogP contribution in [0.2, 0.25) is 5.02 Å². The first-order chi connectivity index (χ1) is 20.3. The van der Waals surface area contributed by atoms with Gasteiger partial charge in [0.25, 0.3) is 0 Å². The van der Waals surface area contributed by atoms with Gasteiger partial charge in [-0.25, -0.2) is 28.7 Å². The van der Waals surface area contributed by atoms with Crippen molar-refractivity contribution in [3.05, 3.63) is 88.4 Å². The second-order valence-corrected chi connectivity index (χ2v) is 11.4. The summed E-state index contributed by atoms with van der Waals surface area (Å²) in [7, 11) is 0. The molecular formula is C31H36ClFN8O2. The molecule has 0 bridgehead atoms. The van der Waals surface area contributed by atoms with Crippen molar-refractivity contribution in [1.29, 1.82) is 0 Å². The number of amides is 1. The highest BCUT2D eigenvalue weighted by Gasteiger charge is 2.31. The highest BCUT2D eigenvalue weighted by molar-refractivity contribution is 6.33. The van der Waals surface area contributed by atoms with Gasteiger partial charge >= 0.3 is 5.69 Å². The maximum Gasteiger partial charge on any atom is 0.355 e. The third-order valence-electron chi connectivity index (χ3n) is 7.40. The second-order valence-electron chi connectivity index (χ2n) is 11.0. The average molecular weight is 607 g/mol. The van der Waals surface area contributed by atoms with Gasteiger partial charge in [0.2, 0.25) is 5.91 Å². The molecular weight excluding hydrogens is 571 g/mol. The zero-order valence-electron chi connectivity index (χ0n) is 25.1. The minimum Gasteiger partial charge on any atom is -0.398 e. The third kappa shape index (κ3) is 5.81. The van der Waals surface area contributed by atoms with Crippen LogP contribution < -0.4 is 16.3 Å². The zero-order valence-corrected chi connectivity index (χ0v) is 25.8. The number of allylic oxidation sites excluding steroid dienone is 3. The molecule has 1 aliphatic rings. The van der Waals surface area contributed by atoms with Crippen LogP contribution in [-0.2, 0) is 4.79 Å². The largest absolute Gasteiger partial charge is 0.398 e. The number of aromatic nitrogens is 5. The summed E-state index contributed by atoms with van der Waals surface area (Å²) >= 11 is 6.76. The molecule has 0 spiro atoms. The summed E-state index contributed by atoms with van der Waals surface area (Å²) in [5.74, 6) is -0.870. The lowest BCUT2D eigenvalue weighted by molar-refractivity contribution is -0.126. The molecule has 3 aromatic heterocycles. The van der Waals surface area contributed by atoms with Gasteiger partial charge in [-0.1, -0.05) is 59.0 Å². The van der Waals surface area contributed by atoms with Crippen molar-refractivity contribution in [3.8, 4) is 5.69 Å². The van der Waals surface area contributed by atoms with Gasteiger partial charge < -0.3 is 15.5 Å². The molecule has 0 aromatic carbocycles. The first-order valence-electron chi connectivity index (χ1n) is 14.0. The number of nitrogens with zero attached hydrogens (tertiary/aromatic N) is 7. The van der Waals surface area contributed by atoms with Crippen molar-refractivity contribution < 1.29 is 9.18 Å². The third-order valence-corrected chi connectivity index (χ3v) is 7.69. The molecule has 0 saturated carbocycles. The van der Waals surface area contributed by atoms with E-state index in [1.54, 1.807) is 11.0 Å². The van der Waals surface area contributed by atoms with E-state index in [1.165, 1.54) is 23.0 Å². The van der Waals surface area contributed by atoms with Gasteiger partial charge in [-0.05, 0) is 37.0 Å². The molecule has 4 heterocycles. The lowest BCUT2D eigenvalue weighted by atomic mass is 10.0. The number of piperazine rings is 1. The van der Waals surface area contributed by atoms with E-state index >= 15 is 0 Å². The predicted octanol–water partition coefficient (Wildman–Crippen LogP) is 5.03. The number of pyridine rings is 1. The number of halogens is 2. The molecule has 1 saturated heterocycles. The Hall–Kier alpha value is -4.38. The summed E-state index contributed by atoms with van der Waals surface area (Å²) in [4.78, 5) is 48.5. The van der Waals surface area contributed by atoms with E-state index in [0.717, 1.165) is 0 Å². The monoisotopic (exact) mass is 606 g/mol. The molecule has 10 nitrogen and oxygen atoms in total. The molecule has 43 heavy (non-hydrogen) atoms. The molecule has 3 aromatic rings. The SMILES string of the molecule is C=CC(=O)N1CCN(c2nc(=O)n(-c3c(C(C)C)ncnc3C(C)C)c3nc(/C(C(=C)F)=C(\N)C=C)c(Cl)cc23)C(C)C1. The molecule has 226 valence electrons. The minimum atomic E-state index is -0.861. The van der Waals surface area contributed by atoms with Crippen molar-refractivity contribution in [2.24, 2.45) is 5.73 Å². The molecule has 1 unspecified atom stereocenters. The van der Waals surface area contributed by atoms with E-state index in [4.69, 9.17) is 22.3 Å². The Balaban J connectivity index is 2.14. The summed E-state index contributed by atoms with van der Waals surface area (Å²) in [6.45, 7) is 21.6. The van der Waals surface area contributed by atoms with Crippen LogP contribution in [0, 0.1) is 0 Å². The normalized spacial score (nSPS) is 16.1. The first kappa shape index (κ1) is 31.6. The Kier molecular flexibility index (Phi) is 9.15. The number of carbonyl (C=O) groups excluding carboxylic acids is 1. The van der Waals surface area contributed by atoms with Crippen molar-refractivity contribution in [2.75, 3.05) is 24.5 Å². The Labute approximate surface area is 255 Å². The quantitative estimate of drug-likeness (QED) is 0.280. The highest BCUT2D eigenvalue weighted by atomic mass is 35.5. The van der Waals surface area contributed by atoms with Crippen LogP contribution in [0.3, 0.4) is 0 Å². The molecule has 1 aliphatic heterocycles. The van der Waals surface area contributed by atoms with Crippen molar-refractivity contribution in [2.45, 2.75) is 52.5 Å². The fourth-order valence-electron chi connectivity index (χ4n) is 5.31. The smallest absolute Gasteiger partial charge is 0.355 e. The maximum absolute atomic E-state index is 14.8. The number of carbonyl (C=O) groups is 1. The van der Waals surface area contributed by atoms with Crippen molar-refractivity contribution in [1.82, 2.24) is 29.4 Å². The first-order valence-corrected chi connectivity index (χ1v) is 14.3. The Bertz CT molecular complexity index is 1700. The van der Waals surface area contributed by atoms with Gasteiger partial charge in [-0.15, -0.1) is 0 Å². The summed E-state index contributed by atoms with van der Waals surface area (Å²) in [6.07, 6.45) is 4.03. The number of rotatable bonds is 8. The van der Waals surface area contributed by atoms with Crippen LogP contribution in [0.1, 0.15) is 63.5 Å². The maximum atomic E-state index is 14.8. The number of anilines is 1. The van der Waals surface area contributed by atoms with E-state index in [0.29, 0.717) is 47.9 Å². The topological polar surface area (TPSA) is 123 Å². The molecule has 0 radical (unpaired) electrons. The summed E-state index contributed by atoms with van der Waals surface area (Å²) in [5.41, 5.74) is 7.18. The number of fused-ring (bicyclic) bond motifs is 1. The zero-order chi connectivity index (χ0) is 31.7. The van der Waals surface area contributed by atoms with Crippen LogP contribution >= 0.6 is 11.6 Å². The van der Waals surface area contributed by atoms with Gasteiger partial charge in [0, 0.05) is 31.4 Å². The fraction of sp³-hybridized carbons (Fsp3) is 0.355. The number of nitrogens with two attached hydrogens (primary N) is 1. The molecule has 0 aliphatic carbocycles. The second kappa shape index (κ2) is 12.5. The van der Waals surface area contributed by atoms with Crippen molar-refractivity contribution in [3.63, 3.8) is 0 Å². The molecule has 1 fully saturated rings. The van der Waals surface area contributed by atoms with E-state index in [1.807, 2.05) is 39.5 Å². The summed E-state index contributed by atoms with van der Waals surface area (Å²) < 4.78 is 16.2. The summed E-state index contributed by atoms with van der Waals surface area (Å²) in [5, 5.41) is 0.517. The van der Waals surface area contributed by atoms with Crippen LogP contribution in [0.25, 0.3) is 22.3 Å². The van der Waals surface area contributed by atoms with Gasteiger partial charge in [-0.2, -0.15) is 4.98 Å². The number of hydrogen-bond donors (Lipinski definition) is 1. The Morgan fingerprint density at radius 2 is 1.74 bits per heavy atom. The molecule has 12 heteroatoms. The lowest BCUT2D eigenvalue weighted by Crippen LogP contribution is -2.54. The van der Waals surface area contributed by atoms with Crippen molar-refractivity contribution >= 4 is 39.9 Å². The lowest BCUT2D eigenvalue weighted by Gasteiger charge is -2.40. The van der Waals surface area contributed by atoms with E-state index in [-0.39, 0.29) is 51.4 Å². The Morgan fingerprint density at radius 1 is 1.12 bits per heavy atom. The molecule has 4 rings (SSSR count). The van der Waals surface area contributed by atoms with Gasteiger partial charge in [0.05, 0.1) is 38.8 Å². The minimum absolute atomic E-state index is 0.00661. The standard InChI is InChI=1S/C31H36ClFN8O2/c1-9-22(34)24(19(8)33)27-21(32)13-20-29(40-12-11-39(14-18(40)7)23(42)10-2)38-31(43)41(30(20)37-27)28-25(16(3)4)35-15-36-26(28)17(5)6/h9-10,13,15-18H,1-2,8,11-12,14,34H2,3-7H3/b24-22-. The Morgan fingerprint density at radius 3 is 2.26 bits per heavy atom. The molecule has 2 N–H and O–H groups in total. The molecule has 1 amide bonds. The van der Waals surface area contributed by atoms with E-state index in [2.05, 4.69) is 34.7 Å². The summed E-state index contributed by atoms with van der Waals surface area (Å²) in [6, 6.07) is 1.38. The highest BCUT2D eigenvalue weighted by Crippen LogP contribution is 2.37. The van der Waals surface area contributed by atoms with Gasteiger partial charge in [0.15, 0.2) is 5.65 Å².